The normalized spacial score (nSPS) is 12.7. The SMILES string of the molecule is Cc1ccc(S(C)(=O)=O)cc1C(=O)OCC(=O)c1ccc2c(c1)OCO2. The van der Waals surface area contributed by atoms with E-state index in [9.17, 15) is 18.0 Å². The van der Waals surface area contributed by atoms with E-state index in [0.29, 0.717) is 22.6 Å². The van der Waals surface area contributed by atoms with E-state index in [0.717, 1.165) is 6.26 Å². The molecule has 0 radical (unpaired) electrons. The van der Waals surface area contributed by atoms with Crippen LogP contribution in [-0.2, 0) is 14.6 Å². The number of rotatable bonds is 5. The van der Waals surface area contributed by atoms with Gasteiger partial charge < -0.3 is 14.2 Å². The predicted octanol–water partition coefficient (Wildman–Crippen LogP) is 2.17. The molecule has 0 aliphatic carbocycles. The Morgan fingerprint density at radius 3 is 2.54 bits per heavy atom. The fourth-order valence-corrected chi connectivity index (χ4v) is 3.06. The number of carbonyl (C=O) groups is 2. The highest BCUT2D eigenvalue weighted by molar-refractivity contribution is 7.90. The van der Waals surface area contributed by atoms with Crippen LogP contribution in [-0.4, -0.2) is 39.8 Å². The van der Waals surface area contributed by atoms with Crippen molar-refractivity contribution >= 4 is 21.6 Å². The molecule has 8 heteroatoms. The van der Waals surface area contributed by atoms with Gasteiger partial charge in [0.1, 0.15) is 0 Å². The molecule has 0 unspecified atom stereocenters. The summed E-state index contributed by atoms with van der Waals surface area (Å²) in [6, 6.07) is 8.87. The molecule has 26 heavy (non-hydrogen) atoms. The van der Waals surface area contributed by atoms with Crippen molar-refractivity contribution in [3.05, 3.63) is 53.1 Å². The van der Waals surface area contributed by atoms with Crippen molar-refractivity contribution < 1.29 is 32.2 Å². The summed E-state index contributed by atoms with van der Waals surface area (Å²) in [6.45, 7) is 1.28. The molecule has 0 spiro atoms. The lowest BCUT2D eigenvalue weighted by Gasteiger charge is -2.09. The molecule has 0 fully saturated rings. The van der Waals surface area contributed by atoms with Crippen molar-refractivity contribution in [2.45, 2.75) is 11.8 Å². The molecular weight excluding hydrogens is 360 g/mol. The molecule has 1 heterocycles. The molecule has 0 aromatic heterocycles. The summed E-state index contributed by atoms with van der Waals surface area (Å²) >= 11 is 0. The van der Waals surface area contributed by atoms with Crippen LogP contribution in [0.1, 0.15) is 26.3 Å². The largest absolute Gasteiger partial charge is 0.454 e. The van der Waals surface area contributed by atoms with Crippen LogP contribution < -0.4 is 9.47 Å². The number of benzene rings is 2. The Labute approximate surface area is 150 Å². The van der Waals surface area contributed by atoms with Crippen LogP contribution in [0.25, 0.3) is 0 Å². The fourth-order valence-electron chi connectivity index (χ4n) is 2.41. The topological polar surface area (TPSA) is 96.0 Å². The van der Waals surface area contributed by atoms with Gasteiger partial charge in [-0.05, 0) is 42.8 Å². The number of esters is 1. The molecule has 0 atom stereocenters. The van der Waals surface area contributed by atoms with Gasteiger partial charge in [0.05, 0.1) is 10.5 Å². The zero-order chi connectivity index (χ0) is 18.9. The molecular formula is C18H16O7S. The van der Waals surface area contributed by atoms with Crippen molar-refractivity contribution in [2.24, 2.45) is 0 Å². The van der Waals surface area contributed by atoms with E-state index in [-0.39, 0.29) is 17.3 Å². The first-order valence-electron chi connectivity index (χ1n) is 7.66. The van der Waals surface area contributed by atoms with Crippen LogP contribution in [0.4, 0.5) is 0 Å². The molecule has 0 saturated heterocycles. The number of fused-ring (bicyclic) bond motifs is 1. The van der Waals surface area contributed by atoms with Crippen LogP contribution in [0, 0.1) is 6.92 Å². The number of ketones is 1. The van der Waals surface area contributed by atoms with E-state index in [1.165, 1.54) is 24.3 Å². The number of ether oxygens (including phenoxy) is 3. The number of carbonyl (C=O) groups excluding carboxylic acids is 2. The maximum Gasteiger partial charge on any atom is 0.338 e. The summed E-state index contributed by atoms with van der Waals surface area (Å²) < 4.78 is 38.7. The Morgan fingerprint density at radius 1 is 1.08 bits per heavy atom. The van der Waals surface area contributed by atoms with Gasteiger partial charge in [-0.2, -0.15) is 0 Å². The molecule has 0 bridgehead atoms. The Hall–Kier alpha value is -2.87. The Bertz CT molecular complexity index is 993. The van der Waals surface area contributed by atoms with E-state index < -0.39 is 28.2 Å². The molecule has 3 rings (SSSR count). The molecule has 0 saturated carbocycles. The summed E-state index contributed by atoms with van der Waals surface area (Å²) in [6.07, 6.45) is 1.05. The third kappa shape index (κ3) is 3.70. The van der Waals surface area contributed by atoms with Crippen molar-refractivity contribution in [1.82, 2.24) is 0 Å². The number of hydrogen-bond donors (Lipinski definition) is 0. The Morgan fingerprint density at radius 2 is 1.81 bits per heavy atom. The number of sulfone groups is 1. The summed E-state index contributed by atoms with van der Waals surface area (Å²) in [5.74, 6) is -0.165. The van der Waals surface area contributed by atoms with E-state index in [1.807, 2.05) is 0 Å². The first-order chi connectivity index (χ1) is 12.3. The van der Waals surface area contributed by atoms with Gasteiger partial charge >= 0.3 is 5.97 Å². The zero-order valence-electron chi connectivity index (χ0n) is 14.1. The molecule has 2 aromatic rings. The van der Waals surface area contributed by atoms with Gasteiger partial charge in [-0.15, -0.1) is 0 Å². The molecule has 1 aliphatic heterocycles. The quantitative estimate of drug-likeness (QED) is 0.583. The molecule has 7 nitrogen and oxygen atoms in total. The number of hydrogen-bond acceptors (Lipinski definition) is 7. The molecule has 136 valence electrons. The number of Topliss-reactive ketones (excluding diaryl/α,β-unsaturated/α-hetero) is 1. The van der Waals surface area contributed by atoms with Crippen molar-refractivity contribution in [2.75, 3.05) is 19.7 Å². The highest BCUT2D eigenvalue weighted by Crippen LogP contribution is 2.32. The first kappa shape index (κ1) is 17.9. The Balaban J connectivity index is 1.72. The zero-order valence-corrected chi connectivity index (χ0v) is 15.0. The summed E-state index contributed by atoms with van der Waals surface area (Å²) in [7, 11) is -3.46. The second-order valence-corrected chi connectivity index (χ2v) is 7.83. The summed E-state index contributed by atoms with van der Waals surface area (Å²) in [4.78, 5) is 24.5. The average molecular weight is 376 g/mol. The standard InChI is InChI=1S/C18H16O7S/c1-11-3-5-13(26(2,21)22)8-14(11)18(20)23-9-15(19)12-4-6-16-17(7-12)25-10-24-16/h3-8H,9-10H2,1-2H3. The van der Waals surface area contributed by atoms with Crippen LogP contribution in [0.15, 0.2) is 41.3 Å². The monoisotopic (exact) mass is 376 g/mol. The lowest BCUT2D eigenvalue weighted by atomic mass is 10.1. The van der Waals surface area contributed by atoms with E-state index in [1.54, 1.807) is 19.1 Å². The van der Waals surface area contributed by atoms with E-state index >= 15 is 0 Å². The van der Waals surface area contributed by atoms with Crippen LogP contribution >= 0.6 is 0 Å². The van der Waals surface area contributed by atoms with Gasteiger partial charge in [0.2, 0.25) is 6.79 Å². The third-order valence-corrected chi connectivity index (χ3v) is 5.00. The summed E-state index contributed by atoms with van der Waals surface area (Å²) in [5.41, 5.74) is 0.980. The minimum Gasteiger partial charge on any atom is -0.454 e. The Kier molecular flexibility index (Phi) is 4.69. The van der Waals surface area contributed by atoms with Crippen molar-refractivity contribution in [1.29, 1.82) is 0 Å². The van der Waals surface area contributed by atoms with Crippen molar-refractivity contribution in [3.63, 3.8) is 0 Å². The maximum absolute atomic E-state index is 12.3. The molecule has 2 aromatic carbocycles. The smallest absolute Gasteiger partial charge is 0.338 e. The predicted molar refractivity (Wildman–Crippen MR) is 91.5 cm³/mol. The highest BCUT2D eigenvalue weighted by Gasteiger charge is 2.19. The van der Waals surface area contributed by atoms with Gasteiger partial charge in [0, 0.05) is 11.8 Å². The minimum absolute atomic E-state index is 0.0112. The van der Waals surface area contributed by atoms with Crippen LogP contribution in [0.3, 0.4) is 0 Å². The maximum atomic E-state index is 12.3. The minimum atomic E-state index is -3.46. The summed E-state index contributed by atoms with van der Waals surface area (Å²) in [5, 5.41) is 0. The second-order valence-electron chi connectivity index (χ2n) is 5.82. The van der Waals surface area contributed by atoms with Gasteiger partial charge in [0.15, 0.2) is 33.7 Å². The van der Waals surface area contributed by atoms with Gasteiger partial charge in [-0.1, -0.05) is 6.07 Å². The second kappa shape index (κ2) is 6.80. The lowest BCUT2D eigenvalue weighted by Crippen LogP contribution is -2.15. The molecule has 1 aliphatic rings. The average Bonchev–Trinajstić information content (AvgIpc) is 3.06. The van der Waals surface area contributed by atoms with Gasteiger partial charge in [-0.3, -0.25) is 4.79 Å². The van der Waals surface area contributed by atoms with E-state index in [4.69, 9.17) is 14.2 Å². The van der Waals surface area contributed by atoms with Crippen LogP contribution in [0.2, 0.25) is 0 Å². The highest BCUT2D eigenvalue weighted by atomic mass is 32.2. The molecule has 0 N–H and O–H groups in total. The first-order valence-corrected chi connectivity index (χ1v) is 9.55. The fraction of sp³-hybridized carbons (Fsp3) is 0.222. The van der Waals surface area contributed by atoms with E-state index in [2.05, 4.69) is 0 Å². The van der Waals surface area contributed by atoms with Crippen molar-refractivity contribution in [3.8, 4) is 11.5 Å². The van der Waals surface area contributed by atoms with Crippen LogP contribution in [0.5, 0.6) is 11.5 Å². The number of aryl methyl sites for hydroxylation is 1. The van der Waals surface area contributed by atoms with Gasteiger partial charge in [-0.25, -0.2) is 13.2 Å². The molecule has 0 amide bonds. The van der Waals surface area contributed by atoms with Gasteiger partial charge in [0.25, 0.3) is 0 Å². The third-order valence-electron chi connectivity index (χ3n) is 3.89. The lowest BCUT2D eigenvalue weighted by molar-refractivity contribution is 0.0473.